The summed E-state index contributed by atoms with van der Waals surface area (Å²) in [4.78, 5) is 8.11. The summed E-state index contributed by atoms with van der Waals surface area (Å²) >= 11 is 0. The van der Waals surface area contributed by atoms with Crippen molar-refractivity contribution >= 4 is 19.1 Å². The van der Waals surface area contributed by atoms with Crippen molar-refractivity contribution in [3.05, 3.63) is 47.9 Å². The van der Waals surface area contributed by atoms with Crippen LogP contribution in [0.15, 0.2) is 36.7 Å². The molecule has 20 heavy (non-hydrogen) atoms. The number of nitrogens with one attached hydrogen (secondary N) is 1. The number of nitriles is 1. The minimum Gasteiger partial charge on any atom is -0.364 e. The topological polar surface area (TPSA) is 61.6 Å². The van der Waals surface area contributed by atoms with E-state index >= 15 is 0 Å². The van der Waals surface area contributed by atoms with Gasteiger partial charge in [0.25, 0.3) is 0 Å². The number of anilines is 1. The molecule has 0 fully saturated rings. The van der Waals surface area contributed by atoms with Gasteiger partial charge in [-0.25, -0.2) is 9.97 Å². The Morgan fingerprint density at radius 1 is 1.10 bits per heavy atom. The molecule has 2 aromatic rings. The largest absolute Gasteiger partial charge is 0.364 e. The molecule has 5 heteroatoms. The van der Waals surface area contributed by atoms with Gasteiger partial charge in [-0.05, 0) is 5.56 Å². The van der Waals surface area contributed by atoms with E-state index in [2.05, 4.69) is 59.2 Å². The van der Waals surface area contributed by atoms with Gasteiger partial charge in [-0.15, -0.1) is 0 Å². The molecule has 0 amide bonds. The molecule has 0 spiro atoms. The zero-order valence-electron chi connectivity index (χ0n) is 12.0. The minimum atomic E-state index is -1.24. The highest BCUT2D eigenvalue weighted by molar-refractivity contribution is 6.88. The Balaban J connectivity index is 2.07. The molecule has 0 unspecified atom stereocenters. The summed E-state index contributed by atoms with van der Waals surface area (Å²) in [5.74, 6) is 0.532. The molecule has 1 N–H and O–H groups in total. The van der Waals surface area contributed by atoms with Crippen molar-refractivity contribution in [3.63, 3.8) is 0 Å². The molecule has 0 atom stereocenters. The molecule has 2 rings (SSSR count). The van der Waals surface area contributed by atoms with Crippen LogP contribution in [-0.4, -0.2) is 18.0 Å². The van der Waals surface area contributed by atoms with Crippen molar-refractivity contribution < 1.29 is 0 Å². The van der Waals surface area contributed by atoms with Crippen LogP contribution in [0.4, 0.5) is 5.82 Å². The molecule has 0 saturated heterocycles. The Labute approximate surface area is 120 Å². The quantitative estimate of drug-likeness (QED) is 0.875. The van der Waals surface area contributed by atoms with Crippen LogP contribution in [0.5, 0.6) is 0 Å². The van der Waals surface area contributed by atoms with E-state index in [1.165, 1.54) is 16.9 Å². The van der Waals surface area contributed by atoms with E-state index < -0.39 is 8.07 Å². The number of hydrogen-bond donors (Lipinski definition) is 1. The number of benzene rings is 1. The third-order valence-electron chi connectivity index (χ3n) is 3.08. The first-order chi connectivity index (χ1) is 9.50. The highest BCUT2D eigenvalue weighted by atomic mass is 28.3. The van der Waals surface area contributed by atoms with Crippen molar-refractivity contribution in [1.82, 2.24) is 9.97 Å². The zero-order valence-corrected chi connectivity index (χ0v) is 13.0. The maximum Gasteiger partial charge on any atom is 0.182 e. The van der Waals surface area contributed by atoms with Crippen LogP contribution in [0.25, 0.3) is 0 Å². The zero-order chi connectivity index (χ0) is 14.6. The first kappa shape index (κ1) is 14.2. The van der Waals surface area contributed by atoms with Crippen LogP contribution in [0.3, 0.4) is 0 Å². The summed E-state index contributed by atoms with van der Waals surface area (Å²) in [6.07, 6.45) is 3.10. The molecule has 4 nitrogen and oxygen atoms in total. The average Bonchev–Trinajstić information content (AvgIpc) is 2.45. The highest BCUT2D eigenvalue weighted by Crippen LogP contribution is 2.10. The lowest BCUT2D eigenvalue weighted by molar-refractivity contribution is 1.07. The van der Waals surface area contributed by atoms with Gasteiger partial charge in [0.15, 0.2) is 11.5 Å². The summed E-state index contributed by atoms with van der Waals surface area (Å²) in [6.45, 7) is 7.64. The van der Waals surface area contributed by atoms with Gasteiger partial charge in [-0.3, -0.25) is 0 Å². The van der Waals surface area contributed by atoms with Crippen LogP contribution in [-0.2, 0) is 6.54 Å². The second kappa shape index (κ2) is 5.84. The van der Waals surface area contributed by atoms with Gasteiger partial charge in [0.2, 0.25) is 0 Å². The fourth-order valence-corrected chi connectivity index (χ4v) is 3.02. The number of nitrogens with zero attached hydrogens (tertiary/aromatic N) is 3. The number of hydrogen-bond acceptors (Lipinski definition) is 4. The Morgan fingerprint density at radius 3 is 2.35 bits per heavy atom. The Hall–Kier alpha value is -2.19. The molecule has 1 heterocycles. The maximum atomic E-state index is 8.95. The van der Waals surface area contributed by atoms with Crippen molar-refractivity contribution in [1.29, 1.82) is 5.26 Å². The third-order valence-corrected chi connectivity index (χ3v) is 5.15. The SMILES string of the molecule is C[Si](C)(C)c1ccc(CNc2nccnc2C#N)cc1. The molecular weight excluding hydrogens is 264 g/mol. The van der Waals surface area contributed by atoms with E-state index in [1.54, 1.807) is 6.20 Å². The van der Waals surface area contributed by atoms with Crippen molar-refractivity contribution in [3.8, 4) is 6.07 Å². The maximum absolute atomic E-state index is 8.95. The Bertz CT molecular complexity index is 624. The van der Waals surface area contributed by atoms with Crippen LogP contribution in [0.1, 0.15) is 11.3 Å². The fraction of sp³-hybridized carbons (Fsp3) is 0.267. The molecule has 1 aromatic heterocycles. The average molecular weight is 282 g/mol. The van der Waals surface area contributed by atoms with E-state index in [4.69, 9.17) is 5.26 Å². The summed E-state index contributed by atoms with van der Waals surface area (Å²) < 4.78 is 0. The number of rotatable bonds is 4. The molecule has 0 aliphatic heterocycles. The predicted molar refractivity (Wildman–Crippen MR) is 83.5 cm³/mol. The van der Waals surface area contributed by atoms with Crippen LogP contribution < -0.4 is 10.5 Å². The van der Waals surface area contributed by atoms with Gasteiger partial charge in [0.1, 0.15) is 6.07 Å². The van der Waals surface area contributed by atoms with E-state index in [-0.39, 0.29) is 0 Å². The van der Waals surface area contributed by atoms with Crippen molar-refractivity contribution in [2.75, 3.05) is 5.32 Å². The molecule has 0 saturated carbocycles. The lowest BCUT2D eigenvalue weighted by Crippen LogP contribution is -2.37. The van der Waals surface area contributed by atoms with Gasteiger partial charge in [-0.2, -0.15) is 5.26 Å². The van der Waals surface area contributed by atoms with Crippen molar-refractivity contribution in [2.24, 2.45) is 0 Å². The van der Waals surface area contributed by atoms with E-state index in [9.17, 15) is 0 Å². The summed E-state index contributed by atoms with van der Waals surface area (Å²) in [5, 5.41) is 13.6. The number of aromatic nitrogens is 2. The van der Waals surface area contributed by atoms with E-state index in [0.717, 1.165) is 0 Å². The summed E-state index contributed by atoms with van der Waals surface area (Å²) in [5.41, 5.74) is 1.49. The predicted octanol–water partition coefficient (Wildman–Crippen LogP) is 2.51. The highest BCUT2D eigenvalue weighted by Gasteiger charge is 2.15. The van der Waals surface area contributed by atoms with Gasteiger partial charge in [0, 0.05) is 18.9 Å². The van der Waals surface area contributed by atoms with Crippen molar-refractivity contribution in [2.45, 2.75) is 26.2 Å². The van der Waals surface area contributed by atoms with Gasteiger partial charge in [0.05, 0.1) is 8.07 Å². The molecular formula is C15H18N4Si. The summed E-state index contributed by atoms with van der Waals surface area (Å²) in [6, 6.07) is 10.7. The standard InChI is InChI=1S/C15H18N4Si/c1-20(2,3)13-6-4-12(5-7-13)11-19-15-14(10-16)17-8-9-18-15/h4-9H,11H2,1-3H3,(H,18,19). The fourth-order valence-electron chi connectivity index (χ4n) is 1.86. The smallest absolute Gasteiger partial charge is 0.182 e. The van der Waals surface area contributed by atoms with Gasteiger partial charge in [-0.1, -0.05) is 49.1 Å². The van der Waals surface area contributed by atoms with E-state index in [1.807, 2.05) is 6.07 Å². The Morgan fingerprint density at radius 2 is 1.75 bits per heavy atom. The molecule has 0 bridgehead atoms. The Kier molecular flexibility index (Phi) is 4.16. The van der Waals surface area contributed by atoms with Gasteiger partial charge >= 0.3 is 0 Å². The van der Waals surface area contributed by atoms with Crippen LogP contribution >= 0.6 is 0 Å². The normalized spacial score (nSPS) is 10.9. The molecule has 102 valence electrons. The third kappa shape index (κ3) is 3.43. The lowest BCUT2D eigenvalue weighted by atomic mass is 10.2. The monoisotopic (exact) mass is 282 g/mol. The molecule has 0 aliphatic rings. The molecule has 0 radical (unpaired) electrons. The minimum absolute atomic E-state index is 0.325. The first-order valence-corrected chi connectivity index (χ1v) is 10.0. The first-order valence-electron chi connectivity index (χ1n) is 6.55. The molecule has 0 aliphatic carbocycles. The summed E-state index contributed by atoms with van der Waals surface area (Å²) in [7, 11) is -1.24. The second-order valence-corrected chi connectivity index (χ2v) is 10.7. The second-order valence-electron chi connectivity index (χ2n) is 5.67. The van der Waals surface area contributed by atoms with Crippen LogP contribution in [0.2, 0.25) is 19.6 Å². The lowest BCUT2D eigenvalue weighted by Gasteiger charge is -2.16. The van der Waals surface area contributed by atoms with Crippen LogP contribution in [0, 0.1) is 11.3 Å². The molecule has 1 aromatic carbocycles. The van der Waals surface area contributed by atoms with Gasteiger partial charge < -0.3 is 5.32 Å². The van der Waals surface area contributed by atoms with E-state index in [0.29, 0.717) is 18.1 Å².